The number of nitrogens with two attached hydrogens (primary N) is 1. The van der Waals surface area contributed by atoms with Crippen LogP contribution in [-0.4, -0.2) is 69.0 Å². The molecule has 1 aromatic rings. The highest BCUT2D eigenvalue weighted by atomic mass is 32.2. The molecule has 0 atom stereocenters. The van der Waals surface area contributed by atoms with Crippen LogP contribution < -0.4 is 20.7 Å². The van der Waals surface area contributed by atoms with Crippen molar-refractivity contribution in [3.8, 4) is 0 Å². The highest BCUT2D eigenvalue weighted by Gasteiger charge is 2.16. The Bertz CT molecular complexity index is 574. The Morgan fingerprint density at radius 1 is 1.29 bits per heavy atom. The van der Waals surface area contributed by atoms with E-state index in [1.807, 2.05) is 4.90 Å². The van der Waals surface area contributed by atoms with Gasteiger partial charge in [-0.2, -0.15) is 15.0 Å². The van der Waals surface area contributed by atoms with Crippen molar-refractivity contribution >= 4 is 27.9 Å². The topological polar surface area (TPSA) is 135 Å². The second-order valence-electron chi connectivity index (χ2n) is 4.37. The molecule has 1 aliphatic heterocycles. The molecule has 2 heterocycles. The number of aromatic nitrogens is 3. The molecule has 1 aromatic heterocycles. The van der Waals surface area contributed by atoms with Crippen molar-refractivity contribution in [1.29, 1.82) is 0 Å². The maximum absolute atomic E-state index is 11.3. The lowest BCUT2D eigenvalue weighted by Crippen LogP contribution is -2.37. The molecule has 0 aliphatic carbocycles. The van der Waals surface area contributed by atoms with E-state index in [0.717, 1.165) is 0 Å². The van der Waals surface area contributed by atoms with Gasteiger partial charge in [0.25, 0.3) is 0 Å². The molecule has 11 heteroatoms. The number of hydrogen-bond donors (Lipinski definition) is 3. The number of nitrogens with zero attached hydrogens (tertiary/aromatic N) is 4. The van der Waals surface area contributed by atoms with Crippen molar-refractivity contribution in [3.63, 3.8) is 0 Å². The smallest absolute Gasteiger partial charge is 0.232 e. The van der Waals surface area contributed by atoms with Gasteiger partial charge in [0.2, 0.25) is 27.9 Å². The molecule has 0 unspecified atom stereocenters. The van der Waals surface area contributed by atoms with Crippen LogP contribution in [0.4, 0.5) is 17.8 Å². The minimum atomic E-state index is -3.27. The van der Waals surface area contributed by atoms with Crippen LogP contribution in [0.5, 0.6) is 0 Å². The Labute approximate surface area is 123 Å². The second kappa shape index (κ2) is 6.83. The summed E-state index contributed by atoms with van der Waals surface area (Å²) in [6, 6.07) is 0. The number of hydrogen-bond acceptors (Lipinski definition) is 9. The molecule has 0 amide bonds. The quantitative estimate of drug-likeness (QED) is 0.558. The molecular formula is C10H19N7O3S. The number of anilines is 3. The molecule has 0 spiro atoms. The number of morpholine rings is 1. The van der Waals surface area contributed by atoms with E-state index in [0.29, 0.717) is 32.3 Å². The summed E-state index contributed by atoms with van der Waals surface area (Å²) in [6.45, 7) is 2.74. The van der Waals surface area contributed by atoms with Crippen molar-refractivity contribution in [1.82, 2.24) is 19.7 Å². The molecule has 118 valence electrons. The summed E-state index contributed by atoms with van der Waals surface area (Å²) in [5, 5.41) is 2.84. The molecule has 10 nitrogen and oxygen atoms in total. The summed E-state index contributed by atoms with van der Waals surface area (Å²) >= 11 is 0. The van der Waals surface area contributed by atoms with Crippen LogP contribution >= 0.6 is 0 Å². The van der Waals surface area contributed by atoms with E-state index in [1.165, 1.54) is 7.05 Å². The number of nitrogens with one attached hydrogen (secondary N) is 2. The molecular weight excluding hydrogens is 298 g/mol. The van der Waals surface area contributed by atoms with E-state index in [9.17, 15) is 8.42 Å². The zero-order valence-corrected chi connectivity index (χ0v) is 12.6. The van der Waals surface area contributed by atoms with E-state index < -0.39 is 10.0 Å². The van der Waals surface area contributed by atoms with Crippen LogP contribution in [0.1, 0.15) is 0 Å². The van der Waals surface area contributed by atoms with E-state index in [4.69, 9.17) is 10.5 Å². The third-order valence-electron chi connectivity index (χ3n) is 2.90. The zero-order valence-electron chi connectivity index (χ0n) is 11.7. The molecule has 1 saturated heterocycles. The van der Waals surface area contributed by atoms with Crippen LogP contribution in [0.3, 0.4) is 0 Å². The molecule has 21 heavy (non-hydrogen) atoms. The highest BCUT2D eigenvalue weighted by molar-refractivity contribution is 7.89. The van der Waals surface area contributed by atoms with Crippen LogP contribution in [0.15, 0.2) is 0 Å². The monoisotopic (exact) mass is 317 g/mol. The Balaban J connectivity index is 2.01. The van der Waals surface area contributed by atoms with Gasteiger partial charge in [0.15, 0.2) is 0 Å². The van der Waals surface area contributed by atoms with E-state index in [-0.39, 0.29) is 24.2 Å². The van der Waals surface area contributed by atoms with Gasteiger partial charge in [-0.05, 0) is 7.05 Å². The first kappa shape index (κ1) is 15.7. The summed E-state index contributed by atoms with van der Waals surface area (Å²) in [5.74, 6) is 0.729. The average molecular weight is 317 g/mol. The largest absolute Gasteiger partial charge is 0.378 e. The van der Waals surface area contributed by atoms with Gasteiger partial charge in [-0.1, -0.05) is 0 Å². The molecule has 2 rings (SSSR count). The Kier molecular flexibility index (Phi) is 5.09. The second-order valence-corrected chi connectivity index (χ2v) is 6.41. The van der Waals surface area contributed by atoms with E-state index in [1.54, 1.807) is 0 Å². The van der Waals surface area contributed by atoms with Crippen molar-refractivity contribution in [2.45, 2.75) is 0 Å². The summed E-state index contributed by atoms with van der Waals surface area (Å²) in [4.78, 5) is 14.2. The lowest BCUT2D eigenvalue weighted by atomic mass is 10.4. The maximum atomic E-state index is 11.3. The summed E-state index contributed by atoms with van der Waals surface area (Å²) < 4.78 is 30.1. The minimum absolute atomic E-state index is 0.0814. The third kappa shape index (κ3) is 4.65. The fourth-order valence-electron chi connectivity index (χ4n) is 1.76. The van der Waals surface area contributed by atoms with Crippen molar-refractivity contribution in [2.24, 2.45) is 0 Å². The zero-order chi connectivity index (χ0) is 15.3. The minimum Gasteiger partial charge on any atom is -0.378 e. The Morgan fingerprint density at radius 3 is 2.67 bits per heavy atom. The van der Waals surface area contributed by atoms with Crippen LogP contribution in [0.25, 0.3) is 0 Å². The fourth-order valence-corrected chi connectivity index (χ4v) is 2.34. The fraction of sp³-hybridized carbons (Fsp3) is 0.700. The lowest BCUT2D eigenvalue weighted by Gasteiger charge is -2.26. The summed E-state index contributed by atoms with van der Waals surface area (Å²) in [5.41, 5.74) is 5.66. The van der Waals surface area contributed by atoms with Gasteiger partial charge in [-0.3, -0.25) is 0 Å². The van der Waals surface area contributed by atoms with Gasteiger partial charge in [-0.15, -0.1) is 0 Å². The number of nitrogen functional groups attached to an aromatic ring is 1. The average Bonchev–Trinajstić information content (AvgIpc) is 2.47. The van der Waals surface area contributed by atoms with Crippen molar-refractivity contribution < 1.29 is 13.2 Å². The maximum Gasteiger partial charge on any atom is 0.232 e. The van der Waals surface area contributed by atoms with Crippen LogP contribution in [0.2, 0.25) is 0 Å². The number of rotatable bonds is 6. The van der Waals surface area contributed by atoms with Crippen molar-refractivity contribution in [3.05, 3.63) is 0 Å². The number of ether oxygens (including phenoxy) is 1. The summed E-state index contributed by atoms with van der Waals surface area (Å²) in [7, 11) is -1.90. The Hall–Kier alpha value is -1.72. The van der Waals surface area contributed by atoms with Gasteiger partial charge in [0, 0.05) is 19.6 Å². The summed E-state index contributed by atoms with van der Waals surface area (Å²) in [6.07, 6.45) is 0. The molecule has 4 N–H and O–H groups in total. The first-order valence-electron chi connectivity index (χ1n) is 6.49. The van der Waals surface area contributed by atoms with Crippen LogP contribution in [0, 0.1) is 0 Å². The SMILES string of the molecule is CNS(=O)(=O)CCNc1nc(N)nc(N2CCOCC2)n1. The van der Waals surface area contributed by atoms with E-state index in [2.05, 4.69) is 25.0 Å². The molecule has 0 bridgehead atoms. The third-order valence-corrected chi connectivity index (χ3v) is 4.26. The number of sulfonamides is 1. The Morgan fingerprint density at radius 2 is 2.00 bits per heavy atom. The molecule has 0 radical (unpaired) electrons. The van der Waals surface area contributed by atoms with Crippen LogP contribution in [-0.2, 0) is 14.8 Å². The lowest BCUT2D eigenvalue weighted by molar-refractivity contribution is 0.122. The van der Waals surface area contributed by atoms with Gasteiger partial charge in [0.05, 0.1) is 19.0 Å². The highest BCUT2D eigenvalue weighted by Crippen LogP contribution is 2.13. The first-order chi connectivity index (χ1) is 10.00. The van der Waals surface area contributed by atoms with E-state index >= 15 is 0 Å². The standard InChI is InChI=1S/C10H19N7O3S/c1-12-21(18,19)7-2-13-9-14-8(11)15-10(16-9)17-3-5-20-6-4-17/h12H,2-7H2,1H3,(H3,11,13,14,15,16). The van der Waals surface area contributed by atoms with Gasteiger partial charge < -0.3 is 20.7 Å². The van der Waals surface area contributed by atoms with Gasteiger partial charge in [-0.25, -0.2) is 13.1 Å². The molecule has 0 saturated carbocycles. The first-order valence-corrected chi connectivity index (χ1v) is 8.15. The predicted molar refractivity (Wildman–Crippen MR) is 78.6 cm³/mol. The van der Waals surface area contributed by atoms with Gasteiger partial charge in [0.1, 0.15) is 0 Å². The predicted octanol–water partition coefficient (Wildman–Crippen LogP) is -1.75. The van der Waals surface area contributed by atoms with Crippen molar-refractivity contribution in [2.75, 3.05) is 61.6 Å². The van der Waals surface area contributed by atoms with Gasteiger partial charge >= 0.3 is 0 Å². The molecule has 0 aromatic carbocycles. The molecule has 1 fully saturated rings. The molecule has 1 aliphatic rings. The normalized spacial score (nSPS) is 16.0.